The molecule has 1 N–H and O–H groups in total. The zero-order chi connectivity index (χ0) is 18.0. The van der Waals surface area contributed by atoms with Crippen LogP contribution >= 0.6 is 11.3 Å². The molecule has 128 valence electrons. The molecule has 1 amide bonds. The maximum absolute atomic E-state index is 13.8. The van der Waals surface area contributed by atoms with Crippen LogP contribution in [0.5, 0.6) is 0 Å². The van der Waals surface area contributed by atoms with Gasteiger partial charge in [0, 0.05) is 24.0 Å². The van der Waals surface area contributed by atoms with E-state index in [-0.39, 0.29) is 11.5 Å². The molecule has 3 aromatic rings. The molecule has 0 radical (unpaired) electrons. The standard InChI is InChI=1S/C17H14F2N4OS/c1-9(12-5-4-11(18)8-13(12)19)22-16(24)14-10(2)23-17(25-14)15-20-6-3-7-21-15/h3-9H,1-2H3,(H,22,24). The molecular weight excluding hydrogens is 346 g/mol. The molecule has 0 aliphatic carbocycles. The zero-order valence-corrected chi connectivity index (χ0v) is 14.3. The van der Waals surface area contributed by atoms with Gasteiger partial charge in [0.2, 0.25) is 0 Å². The number of halogens is 2. The summed E-state index contributed by atoms with van der Waals surface area (Å²) in [7, 11) is 0. The Bertz CT molecular complexity index is 914. The van der Waals surface area contributed by atoms with E-state index in [1.165, 1.54) is 6.07 Å². The van der Waals surface area contributed by atoms with Gasteiger partial charge in [-0.05, 0) is 26.0 Å². The minimum atomic E-state index is -0.702. The molecule has 0 saturated heterocycles. The first-order valence-corrected chi connectivity index (χ1v) is 8.28. The first-order valence-electron chi connectivity index (χ1n) is 7.46. The van der Waals surface area contributed by atoms with Crippen molar-refractivity contribution >= 4 is 17.2 Å². The molecule has 1 atom stereocenters. The number of hydrogen-bond donors (Lipinski definition) is 1. The van der Waals surface area contributed by atoms with Gasteiger partial charge in [0.15, 0.2) is 10.8 Å². The van der Waals surface area contributed by atoms with Gasteiger partial charge in [0.05, 0.1) is 11.7 Å². The average molecular weight is 360 g/mol. The minimum absolute atomic E-state index is 0.212. The van der Waals surface area contributed by atoms with Crippen LogP contribution in [0.3, 0.4) is 0 Å². The van der Waals surface area contributed by atoms with Gasteiger partial charge in [-0.25, -0.2) is 23.7 Å². The number of amides is 1. The van der Waals surface area contributed by atoms with E-state index < -0.39 is 17.7 Å². The van der Waals surface area contributed by atoms with Crippen molar-refractivity contribution in [3.05, 3.63) is 64.4 Å². The van der Waals surface area contributed by atoms with Crippen LogP contribution in [0, 0.1) is 18.6 Å². The van der Waals surface area contributed by atoms with Gasteiger partial charge in [-0.1, -0.05) is 6.07 Å². The summed E-state index contributed by atoms with van der Waals surface area (Å²) >= 11 is 1.16. The number of aromatic nitrogens is 3. The van der Waals surface area contributed by atoms with Crippen molar-refractivity contribution in [1.82, 2.24) is 20.3 Å². The maximum atomic E-state index is 13.8. The lowest BCUT2D eigenvalue weighted by Gasteiger charge is -2.14. The lowest BCUT2D eigenvalue weighted by atomic mass is 10.1. The number of rotatable bonds is 4. The van der Waals surface area contributed by atoms with Crippen molar-refractivity contribution < 1.29 is 13.6 Å². The van der Waals surface area contributed by atoms with E-state index in [2.05, 4.69) is 20.3 Å². The summed E-state index contributed by atoms with van der Waals surface area (Å²) in [6.45, 7) is 3.34. The summed E-state index contributed by atoms with van der Waals surface area (Å²) in [6, 6.07) is 4.34. The summed E-state index contributed by atoms with van der Waals surface area (Å²) in [5.41, 5.74) is 0.750. The quantitative estimate of drug-likeness (QED) is 0.771. The minimum Gasteiger partial charge on any atom is -0.345 e. The van der Waals surface area contributed by atoms with Gasteiger partial charge in [-0.2, -0.15) is 0 Å². The molecule has 3 rings (SSSR count). The average Bonchev–Trinajstić information content (AvgIpc) is 2.97. The smallest absolute Gasteiger partial charge is 0.263 e. The third-order valence-electron chi connectivity index (χ3n) is 3.54. The van der Waals surface area contributed by atoms with Crippen LogP contribution in [0.15, 0.2) is 36.7 Å². The van der Waals surface area contributed by atoms with Crippen molar-refractivity contribution in [3.8, 4) is 10.8 Å². The molecule has 0 aliphatic heterocycles. The molecule has 0 saturated carbocycles. The first kappa shape index (κ1) is 17.1. The Balaban J connectivity index is 1.80. The fraction of sp³-hybridized carbons (Fsp3) is 0.176. The molecule has 2 aromatic heterocycles. The van der Waals surface area contributed by atoms with Crippen molar-refractivity contribution in [2.45, 2.75) is 19.9 Å². The van der Waals surface area contributed by atoms with Crippen LogP contribution in [0.4, 0.5) is 8.78 Å². The molecule has 0 fully saturated rings. The second-order valence-corrected chi connectivity index (χ2v) is 6.37. The number of nitrogens with one attached hydrogen (secondary N) is 1. The highest BCUT2D eigenvalue weighted by atomic mass is 32.1. The van der Waals surface area contributed by atoms with Crippen molar-refractivity contribution in [3.63, 3.8) is 0 Å². The number of benzene rings is 1. The van der Waals surface area contributed by atoms with E-state index in [0.717, 1.165) is 23.5 Å². The molecule has 2 heterocycles. The van der Waals surface area contributed by atoms with Crippen LogP contribution in [0.1, 0.15) is 33.9 Å². The van der Waals surface area contributed by atoms with Gasteiger partial charge in [0.1, 0.15) is 16.5 Å². The predicted octanol–water partition coefficient (Wildman–Crippen LogP) is 3.68. The molecule has 25 heavy (non-hydrogen) atoms. The van der Waals surface area contributed by atoms with Crippen molar-refractivity contribution in [2.24, 2.45) is 0 Å². The summed E-state index contributed by atoms with van der Waals surface area (Å²) < 4.78 is 26.9. The zero-order valence-electron chi connectivity index (χ0n) is 13.5. The van der Waals surface area contributed by atoms with E-state index in [1.54, 1.807) is 32.3 Å². The summed E-state index contributed by atoms with van der Waals surface area (Å²) in [5.74, 6) is -1.31. The van der Waals surface area contributed by atoms with Crippen LogP contribution < -0.4 is 5.32 Å². The van der Waals surface area contributed by atoms with Crippen LogP contribution in [-0.4, -0.2) is 20.9 Å². The highest BCUT2D eigenvalue weighted by Crippen LogP contribution is 2.26. The fourth-order valence-electron chi connectivity index (χ4n) is 2.30. The van der Waals surface area contributed by atoms with E-state index >= 15 is 0 Å². The second kappa shape index (κ2) is 7.02. The third kappa shape index (κ3) is 3.69. The summed E-state index contributed by atoms with van der Waals surface area (Å²) in [6.07, 6.45) is 3.19. The number of carbonyl (C=O) groups is 1. The second-order valence-electron chi connectivity index (χ2n) is 5.37. The molecule has 0 aliphatic rings. The Morgan fingerprint density at radius 2 is 1.96 bits per heavy atom. The van der Waals surface area contributed by atoms with Gasteiger partial charge >= 0.3 is 0 Å². The predicted molar refractivity (Wildman–Crippen MR) is 90.1 cm³/mol. The molecule has 5 nitrogen and oxygen atoms in total. The molecule has 8 heteroatoms. The molecular formula is C17H14F2N4OS. The van der Waals surface area contributed by atoms with E-state index in [1.807, 2.05) is 0 Å². The van der Waals surface area contributed by atoms with E-state index in [4.69, 9.17) is 0 Å². The number of nitrogens with zero attached hydrogens (tertiary/aromatic N) is 3. The highest BCUT2D eigenvalue weighted by Gasteiger charge is 2.20. The lowest BCUT2D eigenvalue weighted by Crippen LogP contribution is -2.27. The van der Waals surface area contributed by atoms with Gasteiger partial charge < -0.3 is 5.32 Å². The topological polar surface area (TPSA) is 67.8 Å². The number of thiazole rings is 1. The van der Waals surface area contributed by atoms with Gasteiger partial charge in [0.25, 0.3) is 5.91 Å². The Hall–Kier alpha value is -2.74. The fourth-order valence-corrected chi connectivity index (χ4v) is 3.22. The molecule has 1 unspecified atom stereocenters. The van der Waals surface area contributed by atoms with Crippen molar-refractivity contribution in [1.29, 1.82) is 0 Å². The number of aryl methyl sites for hydroxylation is 1. The Morgan fingerprint density at radius 3 is 2.64 bits per heavy atom. The SMILES string of the molecule is Cc1nc(-c2ncccn2)sc1C(=O)NC(C)c1ccc(F)cc1F. The monoisotopic (exact) mass is 360 g/mol. The third-order valence-corrected chi connectivity index (χ3v) is 4.69. The highest BCUT2D eigenvalue weighted by molar-refractivity contribution is 7.17. The van der Waals surface area contributed by atoms with Crippen LogP contribution in [-0.2, 0) is 0 Å². The van der Waals surface area contributed by atoms with Crippen LogP contribution in [0.2, 0.25) is 0 Å². The summed E-state index contributed by atoms with van der Waals surface area (Å²) in [4.78, 5) is 25.4. The molecule has 1 aromatic carbocycles. The summed E-state index contributed by atoms with van der Waals surface area (Å²) in [5, 5.41) is 3.24. The Morgan fingerprint density at radius 1 is 1.24 bits per heavy atom. The van der Waals surface area contributed by atoms with Crippen LogP contribution in [0.25, 0.3) is 10.8 Å². The number of carbonyl (C=O) groups excluding carboxylic acids is 1. The Kier molecular flexibility index (Phi) is 4.80. The maximum Gasteiger partial charge on any atom is 0.263 e. The normalized spacial score (nSPS) is 12.0. The largest absolute Gasteiger partial charge is 0.345 e. The first-order chi connectivity index (χ1) is 12.0. The molecule has 0 bridgehead atoms. The van der Waals surface area contributed by atoms with Gasteiger partial charge in [-0.3, -0.25) is 4.79 Å². The van der Waals surface area contributed by atoms with Gasteiger partial charge in [-0.15, -0.1) is 11.3 Å². The number of hydrogen-bond acceptors (Lipinski definition) is 5. The van der Waals surface area contributed by atoms with E-state index in [9.17, 15) is 13.6 Å². The molecule has 0 spiro atoms. The Labute approximate surface area is 146 Å². The lowest BCUT2D eigenvalue weighted by molar-refractivity contribution is 0.0942. The van der Waals surface area contributed by atoms with E-state index in [0.29, 0.717) is 21.4 Å². The van der Waals surface area contributed by atoms with Crippen molar-refractivity contribution in [2.75, 3.05) is 0 Å².